The summed E-state index contributed by atoms with van der Waals surface area (Å²) in [5, 5.41) is 49.0. The van der Waals surface area contributed by atoms with Crippen molar-refractivity contribution in [2.45, 2.75) is 30.7 Å². The molecule has 0 aromatic heterocycles. The van der Waals surface area contributed by atoms with Gasteiger partial charge in [-0.05, 0) is 17.7 Å². The molecule has 0 radical (unpaired) electrons. The van der Waals surface area contributed by atoms with Gasteiger partial charge < -0.3 is 34.6 Å². The fourth-order valence-electron chi connectivity index (χ4n) is 2.32. The van der Waals surface area contributed by atoms with Gasteiger partial charge in [-0.3, -0.25) is 10.1 Å². The van der Waals surface area contributed by atoms with Gasteiger partial charge in [0, 0.05) is 6.08 Å². The van der Waals surface area contributed by atoms with E-state index in [4.69, 9.17) is 19.3 Å². The molecule has 1 aliphatic rings. The fourth-order valence-corrected chi connectivity index (χ4v) is 2.32. The van der Waals surface area contributed by atoms with Crippen molar-refractivity contribution in [2.24, 2.45) is 0 Å². The summed E-state index contributed by atoms with van der Waals surface area (Å²) in [4.78, 5) is 9.76. The first-order chi connectivity index (χ1) is 11.9. The Morgan fingerprint density at radius 1 is 1.24 bits per heavy atom. The predicted molar refractivity (Wildman–Crippen MR) is 83.4 cm³/mol. The summed E-state index contributed by atoms with van der Waals surface area (Å²) in [7, 11) is 1.36. The van der Waals surface area contributed by atoms with E-state index in [2.05, 4.69) is 0 Å². The molecular formula is C15H19NO9. The molecule has 0 bridgehead atoms. The van der Waals surface area contributed by atoms with Crippen LogP contribution in [0.5, 0.6) is 11.5 Å². The molecule has 0 saturated carbocycles. The van der Waals surface area contributed by atoms with Crippen LogP contribution in [-0.2, 0) is 4.74 Å². The largest absolute Gasteiger partial charge is 0.493 e. The van der Waals surface area contributed by atoms with Crippen LogP contribution in [-0.4, -0.2) is 69.8 Å². The molecule has 138 valence electrons. The summed E-state index contributed by atoms with van der Waals surface area (Å²) in [5.74, 6) is 0.354. The number of aliphatic hydroxyl groups excluding tert-OH is 4. The third-order valence-electron chi connectivity index (χ3n) is 3.67. The number of nitro groups is 1. The summed E-state index contributed by atoms with van der Waals surface area (Å²) in [6, 6.07) is 4.43. The minimum atomic E-state index is -1.57. The van der Waals surface area contributed by atoms with Crippen molar-refractivity contribution in [3.05, 3.63) is 40.1 Å². The smallest absolute Gasteiger partial charge is 0.235 e. The van der Waals surface area contributed by atoms with Gasteiger partial charge in [-0.15, -0.1) is 0 Å². The Labute approximate surface area is 142 Å². The Morgan fingerprint density at radius 3 is 2.56 bits per heavy atom. The number of ether oxygens (including phenoxy) is 3. The highest BCUT2D eigenvalue weighted by atomic mass is 16.7. The topological polar surface area (TPSA) is 152 Å². The van der Waals surface area contributed by atoms with Crippen molar-refractivity contribution in [1.82, 2.24) is 0 Å². The molecule has 10 heteroatoms. The molecule has 25 heavy (non-hydrogen) atoms. The molecule has 1 aromatic rings. The van der Waals surface area contributed by atoms with Crippen molar-refractivity contribution in [2.75, 3.05) is 13.7 Å². The van der Waals surface area contributed by atoms with E-state index in [-0.39, 0.29) is 11.5 Å². The molecule has 5 atom stereocenters. The second kappa shape index (κ2) is 8.23. The van der Waals surface area contributed by atoms with Gasteiger partial charge in [0.2, 0.25) is 12.5 Å². The van der Waals surface area contributed by atoms with Crippen molar-refractivity contribution < 1.29 is 39.6 Å². The average molecular weight is 357 g/mol. The number of aliphatic hydroxyl groups is 4. The second-order valence-corrected chi connectivity index (χ2v) is 5.33. The molecule has 1 saturated heterocycles. The van der Waals surface area contributed by atoms with E-state index < -0.39 is 42.2 Å². The molecule has 1 aromatic carbocycles. The van der Waals surface area contributed by atoms with Gasteiger partial charge in [0.05, 0.1) is 18.6 Å². The zero-order chi connectivity index (χ0) is 18.6. The zero-order valence-corrected chi connectivity index (χ0v) is 13.3. The molecule has 10 nitrogen and oxygen atoms in total. The molecule has 0 spiro atoms. The first-order valence-electron chi connectivity index (χ1n) is 7.34. The maximum Gasteiger partial charge on any atom is 0.235 e. The summed E-state index contributed by atoms with van der Waals surface area (Å²) in [6.45, 7) is -0.577. The third kappa shape index (κ3) is 4.44. The highest BCUT2D eigenvalue weighted by Crippen LogP contribution is 2.32. The minimum Gasteiger partial charge on any atom is -0.493 e. The van der Waals surface area contributed by atoms with E-state index in [1.165, 1.54) is 31.4 Å². The monoisotopic (exact) mass is 357 g/mol. The Balaban J connectivity index is 2.19. The summed E-state index contributed by atoms with van der Waals surface area (Å²) >= 11 is 0. The lowest BCUT2D eigenvalue weighted by atomic mass is 9.99. The number of methoxy groups -OCH3 is 1. The van der Waals surface area contributed by atoms with Gasteiger partial charge in [0.25, 0.3) is 0 Å². The molecule has 0 unspecified atom stereocenters. The third-order valence-corrected chi connectivity index (χ3v) is 3.67. The molecule has 0 aliphatic carbocycles. The van der Waals surface area contributed by atoms with Gasteiger partial charge in [0.15, 0.2) is 11.5 Å². The van der Waals surface area contributed by atoms with E-state index >= 15 is 0 Å². The van der Waals surface area contributed by atoms with Crippen molar-refractivity contribution in [3.8, 4) is 11.5 Å². The molecule has 0 amide bonds. The standard InChI is InChI=1S/C15H19NO9/c1-23-10-6-8(4-5-16(21)22)2-3-9(10)24-15-14(20)13(19)12(18)11(7-17)25-15/h2-6,11-15,17-20H,7H2,1H3/t11-,12-,13+,14+,15+/m1/s1. The number of nitrogens with zero attached hydrogens (tertiary/aromatic N) is 1. The summed E-state index contributed by atoms with van der Waals surface area (Å²) in [6.07, 6.45) is -5.04. The summed E-state index contributed by atoms with van der Waals surface area (Å²) in [5.41, 5.74) is 0.481. The van der Waals surface area contributed by atoms with E-state index in [1.807, 2.05) is 0 Å². The predicted octanol–water partition coefficient (Wildman–Crippen LogP) is -0.879. The van der Waals surface area contributed by atoms with Crippen molar-refractivity contribution >= 4 is 6.08 Å². The number of hydrogen-bond donors (Lipinski definition) is 4. The lowest BCUT2D eigenvalue weighted by Crippen LogP contribution is -2.60. The number of benzene rings is 1. The molecule has 4 N–H and O–H groups in total. The quantitative estimate of drug-likeness (QED) is 0.376. The minimum absolute atomic E-state index is 0.144. The Morgan fingerprint density at radius 2 is 1.96 bits per heavy atom. The molecule has 1 fully saturated rings. The Hall–Kier alpha value is -2.24. The molecule has 1 heterocycles. The Kier molecular flexibility index (Phi) is 6.28. The van der Waals surface area contributed by atoms with Crippen LogP contribution < -0.4 is 9.47 Å². The van der Waals surface area contributed by atoms with E-state index in [0.717, 1.165) is 6.20 Å². The fraction of sp³-hybridized carbons (Fsp3) is 0.467. The maximum atomic E-state index is 10.4. The van der Waals surface area contributed by atoms with Crippen LogP contribution in [0.3, 0.4) is 0 Å². The van der Waals surface area contributed by atoms with Crippen LogP contribution in [0.4, 0.5) is 0 Å². The summed E-state index contributed by atoms with van der Waals surface area (Å²) < 4.78 is 15.9. The maximum absolute atomic E-state index is 10.4. The van der Waals surface area contributed by atoms with Gasteiger partial charge in [-0.25, -0.2) is 0 Å². The Bertz CT molecular complexity index is 633. The molecule has 1 aliphatic heterocycles. The van der Waals surface area contributed by atoms with E-state index in [1.54, 1.807) is 0 Å². The van der Waals surface area contributed by atoms with Crippen LogP contribution in [0.25, 0.3) is 6.08 Å². The highest BCUT2D eigenvalue weighted by Gasteiger charge is 2.44. The number of rotatable bonds is 6. The molecule has 2 rings (SSSR count). The van der Waals surface area contributed by atoms with Crippen LogP contribution in [0.1, 0.15) is 5.56 Å². The van der Waals surface area contributed by atoms with Gasteiger partial charge in [-0.2, -0.15) is 0 Å². The first-order valence-corrected chi connectivity index (χ1v) is 7.34. The average Bonchev–Trinajstić information content (AvgIpc) is 2.60. The van der Waals surface area contributed by atoms with Crippen LogP contribution in [0.2, 0.25) is 0 Å². The van der Waals surface area contributed by atoms with Crippen LogP contribution in [0, 0.1) is 10.1 Å². The van der Waals surface area contributed by atoms with Crippen LogP contribution >= 0.6 is 0 Å². The second-order valence-electron chi connectivity index (χ2n) is 5.33. The zero-order valence-electron chi connectivity index (χ0n) is 13.3. The van der Waals surface area contributed by atoms with Gasteiger partial charge in [-0.1, -0.05) is 6.07 Å². The van der Waals surface area contributed by atoms with E-state index in [9.17, 15) is 25.4 Å². The highest BCUT2D eigenvalue weighted by molar-refractivity contribution is 5.55. The lowest BCUT2D eigenvalue weighted by Gasteiger charge is -2.39. The first kappa shape index (κ1) is 19.1. The lowest BCUT2D eigenvalue weighted by molar-refractivity contribution is -0.400. The van der Waals surface area contributed by atoms with E-state index in [0.29, 0.717) is 5.56 Å². The van der Waals surface area contributed by atoms with Gasteiger partial charge in [0.1, 0.15) is 24.4 Å². The molecular weight excluding hydrogens is 338 g/mol. The van der Waals surface area contributed by atoms with Gasteiger partial charge >= 0.3 is 0 Å². The SMILES string of the molecule is COc1cc(C=C[N+](=O)[O-])ccc1O[C@H]1O[C@H](CO)[C@@H](O)[C@H](O)[C@@H]1O. The number of hydrogen-bond acceptors (Lipinski definition) is 9. The van der Waals surface area contributed by atoms with Crippen molar-refractivity contribution in [1.29, 1.82) is 0 Å². The normalized spacial score (nSPS) is 29.6. The van der Waals surface area contributed by atoms with Crippen molar-refractivity contribution in [3.63, 3.8) is 0 Å². The van der Waals surface area contributed by atoms with Crippen LogP contribution in [0.15, 0.2) is 24.4 Å².